The van der Waals surface area contributed by atoms with Crippen LogP contribution >= 0.6 is 11.3 Å². The number of aryl methyl sites for hydroxylation is 1. The molecule has 2 heterocycles. The number of nitrogens with zero attached hydrogens (tertiary/aromatic N) is 2. The van der Waals surface area contributed by atoms with Crippen LogP contribution < -0.4 is 4.90 Å². The number of hydrogen-bond acceptors (Lipinski definition) is 4. The largest absolute Gasteiger partial charge is 0.348 e. The van der Waals surface area contributed by atoms with Gasteiger partial charge in [-0.15, -0.1) is 0 Å². The summed E-state index contributed by atoms with van der Waals surface area (Å²) in [7, 11) is 0. The van der Waals surface area contributed by atoms with Gasteiger partial charge >= 0.3 is 0 Å². The summed E-state index contributed by atoms with van der Waals surface area (Å²) in [6.45, 7) is 6.58. The average molecular weight is 266 g/mol. The highest BCUT2D eigenvalue weighted by atomic mass is 32.1. The van der Waals surface area contributed by atoms with Crippen molar-refractivity contribution in [2.75, 3.05) is 18.0 Å². The van der Waals surface area contributed by atoms with Crippen LogP contribution in [0.15, 0.2) is 0 Å². The van der Waals surface area contributed by atoms with Crippen molar-refractivity contribution in [3.63, 3.8) is 0 Å². The van der Waals surface area contributed by atoms with Gasteiger partial charge in [0.25, 0.3) is 0 Å². The second-order valence-corrected chi connectivity index (χ2v) is 6.02. The standard InChI is InChI=1S/C14H22N2OS/c1-3-5-12-13(10-17)18-14(15-12)16-8-6-11(4-2)7-9-16/h10-11H,3-9H2,1-2H3. The molecule has 1 saturated heterocycles. The normalized spacial score (nSPS) is 17.1. The van der Waals surface area contributed by atoms with E-state index in [1.54, 1.807) is 11.3 Å². The van der Waals surface area contributed by atoms with E-state index < -0.39 is 0 Å². The number of aldehydes is 1. The molecule has 1 aliphatic rings. The molecule has 2 rings (SSSR count). The minimum atomic E-state index is 0.824. The number of carbonyl (C=O) groups excluding carboxylic acids is 1. The van der Waals surface area contributed by atoms with E-state index in [0.29, 0.717) is 0 Å². The monoisotopic (exact) mass is 266 g/mol. The van der Waals surface area contributed by atoms with Crippen LogP contribution in [0, 0.1) is 5.92 Å². The van der Waals surface area contributed by atoms with Crippen LogP contribution in [-0.2, 0) is 6.42 Å². The molecule has 0 spiro atoms. The van der Waals surface area contributed by atoms with Crippen LogP contribution in [0.4, 0.5) is 5.13 Å². The van der Waals surface area contributed by atoms with Gasteiger partial charge in [0.2, 0.25) is 0 Å². The summed E-state index contributed by atoms with van der Waals surface area (Å²) in [6, 6.07) is 0. The van der Waals surface area contributed by atoms with Gasteiger partial charge in [-0.05, 0) is 25.2 Å². The van der Waals surface area contributed by atoms with Crippen LogP contribution in [0.25, 0.3) is 0 Å². The molecular weight excluding hydrogens is 244 g/mol. The van der Waals surface area contributed by atoms with E-state index in [1.165, 1.54) is 19.3 Å². The predicted molar refractivity (Wildman–Crippen MR) is 76.7 cm³/mol. The number of rotatable bonds is 5. The summed E-state index contributed by atoms with van der Waals surface area (Å²) in [5.74, 6) is 0.877. The fraction of sp³-hybridized carbons (Fsp3) is 0.714. The Kier molecular flexibility index (Phi) is 4.75. The quantitative estimate of drug-likeness (QED) is 0.764. The second-order valence-electron chi connectivity index (χ2n) is 5.01. The lowest BCUT2D eigenvalue weighted by Crippen LogP contribution is -2.33. The van der Waals surface area contributed by atoms with Crippen LogP contribution in [-0.4, -0.2) is 24.4 Å². The smallest absolute Gasteiger partial charge is 0.186 e. The fourth-order valence-corrected chi connectivity index (χ4v) is 3.50. The highest BCUT2D eigenvalue weighted by Gasteiger charge is 2.21. The van der Waals surface area contributed by atoms with Crippen molar-refractivity contribution in [1.29, 1.82) is 0 Å². The van der Waals surface area contributed by atoms with Crippen LogP contribution in [0.5, 0.6) is 0 Å². The van der Waals surface area contributed by atoms with Crippen LogP contribution in [0.3, 0.4) is 0 Å². The van der Waals surface area contributed by atoms with Crippen LogP contribution in [0.2, 0.25) is 0 Å². The van der Waals surface area contributed by atoms with Gasteiger partial charge in [-0.2, -0.15) is 0 Å². The lowest BCUT2D eigenvalue weighted by Gasteiger charge is -2.31. The molecule has 0 unspecified atom stereocenters. The maximum atomic E-state index is 11.0. The molecule has 0 saturated carbocycles. The molecule has 3 nitrogen and oxygen atoms in total. The molecule has 1 aliphatic heterocycles. The van der Waals surface area contributed by atoms with Crippen molar-refractivity contribution < 1.29 is 4.79 Å². The summed E-state index contributed by atoms with van der Waals surface area (Å²) < 4.78 is 0. The van der Waals surface area contributed by atoms with Gasteiger partial charge < -0.3 is 4.90 Å². The van der Waals surface area contributed by atoms with Crippen molar-refractivity contribution in [2.45, 2.75) is 46.0 Å². The Hall–Kier alpha value is -0.900. The summed E-state index contributed by atoms with van der Waals surface area (Å²) >= 11 is 1.56. The molecular formula is C14H22N2OS. The molecule has 0 radical (unpaired) electrons. The Morgan fingerprint density at radius 3 is 2.67 bits per heavy atom. The summed E-state index contributed by atoms with van der Waals surface area (Å²) in [6.07, 6.45) is 6.72. The summed E-state index contributed by atoms with van der Waals surface area (Å²) in [5.41, 5.74) is 0.991. The molecule has 0 aromatic carbocycles. The lowest BCUT2D eigenvalue weighted by molar-refractivity contribution is 0.112. The molecule has 1 fully saturated rings. The average Bonchev–Trinajstić information content (AvgIpc) is 2.82. The van der Waals surface area contributed by atoms with Gasteiger partial charge in [-0.25, -0.2) is 4.98 Å². The highest BCUT2D eigenvalue weighted by molar-refractivity contribution is 7.17. The maximum absolute atomic E-state index is 11.0. The fourth-order valence-electron chi connectivity index (χ4n) is 2.53. The van der Waals surface area contributed by atoms with Gasteiger partial charge in [0.15, 0.2) is 11.4 Å². The Balaban J connectivity index is 2.07. The minimum absolute atomic E-state index is 0.824. The number of hydrogen-bond donors (Lipinski definition) is 0. The van der Waals surface area contributed by atoms with E-state index in [0.717, 1.165) is 53.8 Å². The Morgan fingerprint density at radius 2 is 2.11 bits per heavy atom. The zero-order valence-electron chi connectivity index (χ0n) is 11.3. The van der Waals surface area contributed by atoms with Crippen molar-refractivity contribution in [1.82, 2.24) is 4.98 Å². The van der Waals surface area contributed by atoms with Crippen molar-refractivity contribution in [3.8, 4) is 0 Å². The van der Waals surface area contributed by atoms with Crippen molar-refractivity contribution in [3.05, 3.63) is 10.6 Å². The Labute approximate surface area is 113 Å². The molecule has 1 aromatic heterocycles. The molecule has 0 aliphatic carbocycles. The van der Waals surface area contributed by atoms with Crippen molar-refractivity contribution in [2.24, 2.45) is 5.92 Å². The predicted octanol–water partition coefficient (Wildman–Crippen LogP) is 3.53. The van der Waals surface area contributed by atoms with E-state index in [9.17, 15) is 4.79 Å². The molecule has 0 amide bonds. The van der Waals surface area contributed by atoms with E-state index in [2.05, 4.69) is 23.7 Å². The Morgan fingerprint density at radius 1 is 1.39 bits per heavy atom. The molecule has 0 N–H and O–H groups in total. The number of thiazole rings is 1. The van der Waals surface area contributed by atoms with Gasteiger partial charge in [0.1, 0.15) is 0 Å². The van der Waals surface area contributed by atoms with Crippen LogP contribution in [0.1, 0.15) is 54.9 Å². The number of piperidine rings is 1. The summed E-state index contributed by atoms with van der Waals surface area (Å²) in [5, 5.41) is 1.05. The molecule has 0 bridgehead atoms. The van der Waals surface area contributed by atoms with Gasteiger partial charge in [0, 0.05) is 13.1 Å². The third-order valence-electron chi connectivity index (χ3n) is 3.77. The van der Waals surface area contributed by atoms with Crippen molar-refractivity contribution >= 4 is 22.8 Å². The first-order valence-corrected chi connectivity index (χ1v) is 7.79. The number of carbonyl (C=O) groups is 1. The highest BCUT2D eigenvalue weighted by Crippen LogP contribution is 2.30. The van der Waals surface area contributed by atoms with E-state index >= 15 is 0 Å². The van der Waals surface area contributed by atoms with Gasteiger partial charge in [-0.3, -0.25) is 4.79 Å². The SMILES string of the molecule is CCCc1nc(N2CCC(CC)CC2)sc1C=O. The first-order valence-electron chi connectivity index (χ1n) is 6.98. The molecule has 18 heavy (non-hydrogen) atoms. The maximum Gasteiger partial charge on any atom is 0.186 e. The topological polar surface area (TPSA) is 33.2 Å². The van der Waals surface area contributed by atoms with Gasteiger partial charge in [0.05, 0.1) is 10.6 Å². The van der Waals surface area contributed by atoms with E-state index in [1.807, 2.05) is 0 Å². The van der Waals surface area contributed by atoms with E-state index in [4.69, 9.17) is 0 Å². The molecule has 4 heteroatoms. The minimum Gasteiger partial charge on any atom is -0.348 e. The third kappa shape index (κ3) is 2.91. The number of aromatic nitrogens is 1. The Bertz CT molecular complexity index is 394. The first kappa shape index (κ1) is 13.5. The molecule has 1 aromatic rings. The number of anilines is 1. The third-order valence-corrected chi connectivity index (χ3v) is 4.86. The van der Waals surface area contributed by atoms with Gasteiger partial charge in [-0.1, -0.05) is 38.0 Å². The zero-order chi connectivity index (χ0) is 13.0. The zero-order valence-corrected chi connectivity index (χ0v) is 12.1. The molecule has 0 atom stereocenters. The second kappa shape index (κ2) is 6.32. The first-order chi connectivity index (χ1) is 8.78. The lowest BCUT2D eigenvalue weighted by atomic mass is 9.95. The summed E-state index contributed by atoms with van der Waals surface area (Å²) in [4.78, 5) is 18.9. The van der Waals surface area contributed by atoms with E-state index in [-0.39, 0.29) is 0 Å². The molecule has 100 valence electrons.